The minimum Gasteiger partial charge on any atom is -0.328 e. The Morgan fingerprint density at radius 3 is 2.81 bits per heavy atom. The molecule has 0 atom stereocenters. The first-order valence-corrected chi connectivity index (χ1v) is 8.17. The fourth-order valence-corrected chi connectivity index (χ4v) is 3.36. The minimum atomic E-state index is 0.0910. The van der Waals surface area contributed by atoms with Gasteiger partial charge < -0.3 is 11.1 Å². The molecule has 0 bridgehead atoms. The summed E-state index contributed by atoms with van der Waals surface area (Å²) in [4.78, 5) is 16.6. The van der Waals surface area contributed by atoms with Gasteiger partial charge in [-0.25, -0.2) is 4.98 Å². The topological polar surface area (TPSA) is 68.0 Å². The molecule has 0 saturated heterocycles. The molecule has 1 aromatic heterocycles. The Balaban J connectivity index is 1.67. The van der Waals surface area contributed by atoms with Crippen molar-refractivity contribution in [2.24, 2.45) is 11.7 Å². The SMILES string of the molecule is NC1CCC(C(=O)Nc2cccc(-c3nccs3)c2)CC1. The molecular formula is C16H19N3OS. The maximum absolute atomic E-state index is 12.3. The van der Waals surface area contributed by atoms with Gasteiger partial charge in [-0.15, -0.1) is 11.3 Å². The first-order valence-electron chi connectivity index (χ1n) is 7.29. The zero-order chi connectivity index (χ0) is 14.7. The summed E-state index contributed by atoms with van der Waals surface area (Å²) in [5, 5.41) is 5.94. The standard InChI is InChI=1S/C16H19N3OS/c17-13-6-4-11(5-7-13)15(20)19-14-3-1-2-12(10-14)16-18-8-9-21-16/h1-3,8-11,13H,4-7,17H2,(H,19,20). The van der Waals surface area contributed by atoms with Crippen LogP contribution in [0.15, 0.2) is 35.8 Å². The molecular weight excluding hydrogens is 282 g/mol. The number of rotatable bonds is 3. The number of thiazole rings is 1. The maximum atomic E-state index is 12.3. The Labute approximate surface area is 128 Å². The highest BCUT2D eigenvalue weighted by atomic mass is 32.1. The van der Waals surface area contributed by atoms with E-state index in [2.05, 4.69) is 10.3 Å². The Morgan fingerprint density at radius 1 is 1.29 bits per heavy atom. The van der Waals surface area contributed by atoms with E-state index in [1.807, 2.05) is 29.6 Å². The largest absolute Gasteiger partial charge is 0.328 e. The van der Waals surface area contributed by atoms with Gasteiger partial charge in [0, 0.05) is 34.8 Å². The summed E-state index contributed by atoms with van der Waals surface area (Å²) in [5.74, 6) is 0.200. The smallest absolute Gasteiger partial charge is 0.227 e. The zero-order valence-corrected chi connectivity index (χ0v) is 12.6. The molecule has 1 amide bonds. The first kappa shape index (κ1) is 14.2. The van der Waals surface area contributed by atoms with Gasteiger partial charge in [0.2, 0.25) is 5.91 Å². The van der Waals surface area contributed by atoms with Crippen molar-refractivity contribution in [2.45, 2.75) is 31.7 Å². The van der Waals surface area contributed by atoms with E-state index in [0.717, 1.165) is 41.9 Å². The Kier molecular flexibility index (Phi) is 4.31. The summed E-state index contributed by atoms with van der Waals surface area (Å²) in [7, 11) is 0. The van der Waals surface area contributed by atoms with E-state index in [1.54, 1.807) is 17.5 Å². The Hall–Kier alpha value is -1.72. The van der Waals surface area contributed by atoms with Crippen LogP contribution in [-0.4, -0.2) is 16.9 Å². The number of aromatic nitrogens is 1. The molecule has 2 aromatic rings. The van der Waals surface area contributed by atoms with Gasteiger partial charge in [0.1, 0.15) is 5.01 Å². The van der Waals surface area contributed by atoms with Crippen LogP contribution in [0, 0.1) is 5.92 Å². The predicted molar refractivity (Wildman–Crippen MR) is 86.1 cm³/mol. The van der Waals surface area contributed by atoms with Gasteiger partial charge in [-0.05, 0) is 37.8 Å². The predicted octanol–water partition coefficient (Wildman–Crippen LogP) is 3.27. The van der Waals surface area contributed by atoms with Gasteiger partial charge in [0.05, 0.1) is 0 Å². The zero-order valence-electron chi connectivity index (χ0n) is 11.8. The molecule has 1 fully saturated rings. The number of hydrogen-bond acceptors (Lipinski definition) is 4. The number of nitrogens with zero attached hydrogens (tertiary/aromatic N) is 1. The molecule has 1 heterocycles. The van der Waals surface area contributed by atoms with Gasteiger partial charge in [-0.1, -0.05) is 12.1 Å². The molecule has 0 unspecified atom stereocenters. The average molecular weight is 301 g/mol. The molecule has 3 rings (SSSR count). The van der Waals surface area contributed by atoms with Gasteiger partial charge >= 0.3 is 0 Å². The number of hydrogen-bond donors (Lipinski definition) is 2. The van der Waals surface area contributed by atoms with Gasteiger partial charge in [0.25, 0.3) is 0 Å². The van der Waals surface area contributed by atoms with E-state index in [1.165, 1.54) is 0 Å². The van der Waals surface area contributed by atoms with Crippen molar-refractivity contribution < 1.29 is 4.79 Å². The molecule has 0 radical (unpaired) electrons. The van der Waals surface area contributed by atoms with E-state index in [4.69, 9.17) is 5.73 Å². The lowest BCUT2D eigenvalue weighted by atomic mass is 9.86. The second-order valence-corrected chi connectivity index (χ2v) is 6.41. The van der Waals surface area contributed by atoms with Crippen molar-refractivity contribution in [2.75, 3.05) is 5.32 Å². The van der Waals surface area contributed by atoms with E-state index in [-0.39, 0.29) is 17.9 Å². The summed E-state index contributed by atoms with van der Waals surface area (Å²) in [6, 6.07) is 8.12. The second kappa shape index (κ2) is 6.37. The summed E-state index contributed by atoms with van der Waals surface area (Å²) in [5.41, 5.74) is 7.76. The van der Waals surface area contributed by atoms with Crippen LogP contribution in [0.2, 0.25) is 0 Å². The molecule has 110 valence electrons. The van der Waals surface area contributed by atoms with E-state index >= 15 is 0 Å². The lowest BCUT2D eigenvalue weighted by Gasteiger charge is -2.25. The van der Waals surface area contributed by atoms with E-state index < -0.39 is 0 Å². The third-order valence-electron chi connectivity index (χ3n) is 3.95. The lowest BCUT2D eigenvalue weighted by Crippen LogP contribution is -2.32. The first-order chi connectivity index (χ1) is 10.2. The third-order valence-corrected chi connectivity index (χ3v) is 4.77. The molecule has 1 aromatic carbocycles. The Bertz CT molecular complexity index is 604. The Morgan fingerprint density at radius 2 is 2.10 bits per heavy atom. The number of nitrogens with one attached hydrogen (secondary N) is 1. The molecule has 21 heavy (non-hydrogen) atoms. The number of nitrogens with two attached hydrogens (primary N) is 1. The van der Waals surface area contributed by atoms with E-state index in [0.29, 0.717) is 0 Å². The molecule has 0 aliphatic heterocycles. The molecule has 5 heteroatoms. The van der Waals surface area contributed by atoms with Crippen molar-refractivity contribution in [1.29, 1.82) is 0 Å². The highest BCUT2D eigenvalue weighted by Gasteiger charge is 2.24. The van der Waals surface area contributed by atoms with Crippen LogP contribution in [0.1, 0.15) is 25.7 Å². The van der Waals surface area contributed by atoms with Crippen molar-refractivity contribution in [1.82, 2.24) is 4.98 Å². The summed E-state index contributed by atoms with van der Waals surface area (Å²) >= 11 is 1.59. The summed E-state index contributed by atoms with van der Waals surface area (Å²) in [6.07, 6.45) is 5.45. The maximum Gasteiger partial charge on any atom is 0.227 e. The van der Waals surface area contributed by atoms with Crippen LogP contribution in [0.25, 0.3) is 10.6 Å². The number of anilines is 1. The lowest BCUT2D eigenvalue weighted by molar-refractivity contribution is -0.120. The minimum absolute atomic E-state index is 0.0910. The second-order valence-electron chi connectivity index (χ2n) is 5.52. The monoisotopic (exact) mass is 301 g/mol. The number of benzene rings is 1. The normalized spacial score (nSPS) is 22.0. The highest BCUT2D eigenvalue weighted by Crippen LogP contribution is 2.27. The van der Waals surface area contributed by atoms with Crippen LogP contribution in [-0.2, 0) is 4.79 Å². The van der Waals surface area contributed by atoms with Crippen LogP contribution in [0.3, 0.4) is 0 Å². The number of carbonyl (C=O) groups is 1. The van der Waals surface area contributed by atoms with Gasteiger partial charge in [0.15, 0.2) is 0 Å². The molecule has 1 saturated carbocycles. The van der Waals surface area contributed by atoms with Gasteiger partial charge in [-0.3, -0.25) is 4.79 Å². The highest BCUT2D eigenvalue weighted by molar-refractivity contribution is 7.13. The molecule has 1 aliphatic carbocycles. The number of carbonyl (C=O) groups excluding carboxylic acids is 1. The molecule has 0 spiro atoms. The molecule has 3 N–H and O–H groups in total. The number of amides is 1. The van der Waals surface area contributed by atoms with Crippen molar-refractivity contribution >= 4 is 22.9 Å². The fraction of sp³-hybridized carbons (Fsp3) is 0.375. The molecule has 4 nitrogen and oxygen atoms in total. The van der Waals surface area contributed by atoms with Crippen molar-refractivity contribution in [3.63, 3.8) is 0 Å². The van der Waals surface area contributed by atoms with Crippen LogP contribution in [0.5, 0.6) is 0 Å². The average Bonchev–Trinajstić information content (AvgIpc) is 3.02. The van der Waals surface area contributed by atoms with E-state index in [9.17, 15) is 4.79 Å². The van der Waals surface area contributed by atoms with Crippen LogP contribution >= 0.6 is 11.3 Å². The fourth-order valence-electron chi connectivity index (χ4n) is 2.72. The van der Waals surface area contributed by atoms with Crippen molar-refractivity contribution in [3.05, 3.63) is 35.8 Å². The quantitative estimate of drug-likeness (QED) is 0.914. The summed E-state index contributed by atoms with van der Waals surface area (Å²) < 4.78 is 0. The summed E-state index contributed by atoms with van der Waals surface area (Å²) in [6.45, 7) is 0. The van der Waals surface area contributed by atoms with Gasteiger partial charge in [-0.2, -0.15) is 0 Å². The van der Waals surface area contributed by atoms with Crippen LogP contribution in [0.4, 0.5) is 5.69 Å². The van der Waals surface area contributed by atoms with Crippen LogP contribution < -0.4 is 11.1 Å². The van der Waals surface area contributed by atoms with Crippen molar-refractivity contribution in [3.8, 4) is 10.6 Å². The third kappa shape index (κ3) is 3.49. The molecule has 1 aliphatic rings.